The Labute approximate surface area is 137 Å². The molecule has 10 heteroatoms. The average molecular weight is 363 g/mol. The largest absolute Gasteiger partial charge is 0.573 e. The zero-order valence-corrected chi connectivity index (χ0v) is 12.5. The number of benzene rings is 1. The van der Waals surface area contributed by atoms with E-state index in [4.69, 9.17) is 9.84 Å². The minimum absolute atomic E-state index is 0.00286. The van der Waals surface area contributed by atoms with Gasteiger partial charge in [-0.05, 0) is 24.3 Å². The summed E-state index contributed by atoms with van der Waals surface area (Å²) in [5, 5.41) is 8.59. The van der Waals surface area contributed by atoms with Gasteiger partial charge in [0.25, 0.3) is 0 Å². The lowest BCUT2D eigenvalue weighted by Gasteiger charge is -2.17. The highest BCUT2D eigenvalue weighted by atomic mass is 19.4. The van der Waals surface area contributed by atoms with Crippen molar-refractivity contribution in [3.8, 4) is 22.8 Å². The van der Waals surface area contributed by atoms with E-state index in [9.17, 15) is 26.7 Å². The Bertz CT molecular complexity index is 774. The summed E-state index contributed by atoms with van der Waals surface area (Å²) in [5.41, 5.74) is -1.39. The maximum Gasteiger partial charge on any atom is 0.573 e. The fourth-order valence-corrected chi connectivity index (χ4v) is 1.95. The second-order valence-electron chi connectivity index (χ2n) is 4.73. The average Bonchev–Trinajstić information content (AvgIpc) is 2.53. The van der Waals surface area contributed by atoms with Gasteiger partial charge in [0.05, 0.1) is 7.11 Å². The van der Waals surface area contributed by atoms with Gasteiger partial charge >= 0.3 is 18.3 Å². The van der Waals surface area contributed by atoms with Crippen molar-refractivity contribution in [3.63, 3.8) is 0 Å². The van der Waals surface area contributed by atoms with Crippen molar-refractivity contribution in [2.75, 3.05) is 7.11 Å². The number of methoxy groups -OCH3 is 1. The van der Waals surface area contributed by atoms with Crippen LogP contribution in [0.25, 0.3) is 11.1 Å². The molecule has 1 heterocycles. The number of carbonyl (C=O) groups is 1. The quantitative estimate of drug-likeness (QED) is 0.818. The summed E-state index contributed by atoms with van der Waals surface area (Å²) in [6, 6.07) is 4.36. The Morgan fingerprint density at radius 1 is 1.12 bits per heavy atom. The van der Waals surface area contributed by atoms with Gasteiger partial charge in [-0.25, -0.2) is 9.78 Å². The predicted octanol–water partition coefficient (Wildman–Crippen LogP) is 3.83. The second-order valence-corrected chi connectivity index (χ2v) is 4.73. The van der Waals surface area contributed by atoms with Crippen LogP contribution >= 0.6 is 0 Å². The van der Waals surface area contributed by atoms with Crippen LogP contribution in [0.3, 0.4) is 0 Å². The van der Waals surface area contributed by atoms with E-state index in [-0.39, 0.29) is 11.4 Å². The van der Waals surface area contributed by atoms with E-state index >= 15 is 0 Å². The molecule has 0 unspecified atom stereocenters. The van der Waals surface area contributed by atoms with Gasteiger partial charge < -0.3 is 14.6 Å². The van der Waals surface area contributed by atoms with Crippen molar-refractivity contribution >= 4 is 5.97 Å². The molecule has 2 aromatic rings. The SMILES string of the molecule is COc1ccc(-c2cc(C(F)(F)C(=O)O)ccc2OC(F)(F)F)cn1. The summed E-state index contributed by atoms with van der Waals surface area (Å²) in [5.74, 6) is -7.35. The summed E-state index contributed by atoms with van der Waals surface area (Å²) < 4.78 is 73.5. The number of halogens is 5. The first-order valence-electron chi connectivity index (χ1n) is 6.56. The molecular formula is C15H10F5NO4. The number of alkyl halides is 5. The Hall–Kier alpha value is -2.91. The predicted molar refractivity (Wildman–Crippen MR) is 74.4 cm³/mol. The Kier molecular flexibility index (Phi) is 4.82. The molecule has 0 saturated carbocycles. The lowest BCUT2D eigenvalue weighted by Crippen LogP contribution is -2.25. The first kappa shape index (κ1) is 18.4. The van der Waals surface area contributed by atoms with Gasteiger partial charge in [-0.3, -0.25) is 0 Å². The van der Waals surface area contributed by atoms with Crippen molar-refractivity contribution < 1.29 is 41.3 Å². The molecule has 1 aromatic carbocycles. The van der Waals surface area contributed by atoms with Crippen molar-refractivity contribution in [2.45, 2.75) is 12.3 Å². The van der Waals surface area contributed by atoms with Crippen LogP contribution in [0.5, 0.6) is 11.6 Å². The molecule has 0 bridgehead atoms. The lowest BCUT2D eigenvalue weighted by atomic mass is 10.00. The van der Waals surface area contributed by atoms with E-state index in [0.29, 0.717) is 18.2 Å². The van der Waals surface area contributed by atoms with E-state index in [0.717, 1.165) is 6.20 Å². The van der Waals surface area contributed by atoms with Crippen LogP contribution in [-0.4, -0.2) is 29.5 Å². The minimum Gasteiger partial charge on any atom is -0.481 e. The number of hydrogen-bond donors (Lipinski definition) is 1. The smallest absolute Gasteiger partial charge is 0.481 e. The summed E-state index contributed by atoms with van der Waals surface area (Å²) in [4.78, 5) is 14.5. The third-order valence-electron chi connectivity index (χ3n) is 3.09. The van der Waals surface area contributed by atoms with E-state index in [1.165, 1.54) is 19.2 Å². The van der Waals surface area contributed by atoms with Crippen molar-refractivity contribution in [2.24, 2.45) is 0 Å². The summed E-state index contributed by atoms with van der Waals surface area (Å²) in [6.45, 7) is 0. The molecule has 0 aliphatic heterocycles. The van der Waals surface area contributed by atoms with Crippen molar-refractivity contribution in [1.82, 2.24) is 4.98 Å². The molecule has 0 amide bonds. The van der Waals surface area contributed by atoms with Crippen LogP contribution in [0.4, 0.5) is 22.0 Å². The number of aromatic nitrogens is 1. The van der Waals surface area contributed by atoms with Crippen LogP contribution < -0.4 is 9.47 Å². The number of ether oxygens (including phenoxy) is 2. The standard InChI is InChI=1S/C15H10F5NO4/c1-24-12-5-2-8(7-21-12)10-6-9(14(16,17)13(22)23)3-4-11(10)25-15(18,19)20/h2-7H,1H3,(H,22,23). The monoisotopic (exact) mass is 363 g/mol. The Morgan fingerprint density at radius 2 is 1.80 bits per heavy atom. The first-order valence-corrected chi connectivity index (χ1v) is 6.56. The molecule has 0 aliphatic carbocycles. The highest BCUT2D eigenvalue weighted by Crippen LogP contribution is 2.38. The van der Waals surface area contributed by atoms with Gasteiger partial charge in [0.15, 0.2) is 0 Å². The second kappa shape index (κ2) is 6.54. The minimum atomic E-state index is -5.06. The van der Waals surface area contributed by atoms with E-state index in [1.54, 1.807) is 0 Å². The van der Waals surface area contributed by atoms with Gasteiger partial charge in [0.2, 0.25) is 5.88 Å². The maximum absolute atomic E-state index is 13.7. The van der Waals surface area contributed by atoms with Gasteiger partial charge in [-0.15, -0.1) is 13.2 Å². The number of carboxylic acids is 1. The molecule has 134 valence electrons. The number of carboxylic acid groups (broad SMARTS) is 1. The fraction of sp³-hybridized carbons (Fsp3) is 0.200. The van der Waals surface area contributed by atoms with E-state index in [2.05, 4.69) is 9.72 Å². The fourth-order valence-electron chi connectivity index (χ4n) is 1.95. The molecule has 2 rings (SSSR count). The topological polar surface area (TPSA) is 68.7 Å². The third-order valence-corrected chi connectivity index (χ3v) is 3.09. The molecule has 0 saturated heterocycles. The molecule has 25 heavy (non-hydrogen) atoms. The lowest BCUT2D eigenvalue weighted by molar-refractivity contribution is -0.274. The molecule has 0 spiro atoms. The molecule has 0 atom stereocenters. The number of aliphatic carboxylic acids is 1. The highest BCUT2D eigenvalue weighted by molar-refractivity contribution is 5.79. The van der Waals surface area contributed by atoms with Crippen molar-refractivity contribution in [3.05, 3.63) is 42.1 Å². The summed E-state index contributed by atoms with van der Waals surface area (Å²) in [7, 11) is 1.31. The number of pyridine rings is 1. The Balaban J connectivity index is 2.60. The van der Waals surface area contributed by atoms with Gasteiger partial charge in [0, 0.05) is 29.0 Å². The molecule has 5 nitrogen and oxygen atoms in total. The highest BCUT2D eigenvalue weighted by Gasteiger charge is 2.42. The summed E-state index contributed by atoms with van der Waals surface area (Å²) >= 11 is 0. The first-order chi connectivity index (χ1) is 11.5. The van der Waals surface area contributed by atoms with Crippen LogP contribution in [-0.2, 0) is 10.7 Å². The van der Waals surface area contributed by atoms with Crippen LogP contribution in [0.15, 0.2) is 36.5 Å². The summed E-state index contributed by atoms with van der Waals surface area (Å²) in [6.07, 6.45) is -3.98. The molecular weight excluding hydrogens is 353 g/mol. The number of rotatable bonds is 5. The molecule has 0 aliphatic rings. The van der Waals surface area contributed by atoms with Gasteiger partial charge in [-0.1, -0.05) is 0 Å². The van der Waals surface area contributed by atoms with Crippen LogP contribution in [0.2, 0.25) is 0 Å². The molecule has 1 N–H and O–H groups in total. The van der Waals surface area contributed by atoms with Gasteiger partial charge in [0.1, 0.15) is 5.75 Å². The third kappa shape index (κ3) is 4.14. The van der Waals surface area contributed by atoms with Crippen molar-refractivity contribution in [1.29, 1.82) is 0 Å². The molecule has 0 fully saturated rings. The zero-order chi connectivity index (χ0) is 18.8. The zero-order valence-electron chi connectivity index (χ0n) is 12.5. The molecule has 1 aromatic heterocycles. The van der Waals surface area contributed by atoms with Gasteiger partial charge in [-0.2, -0.15) is 8.78 Å². The van der Waals surface area contributed by atoms with E-state index in [1.807, 2.05) is 0 Å². The number of nitrogens with zero attached hydrogens (tertiary/aromatic N) is 1. The van der Waals surface area contributed by atoms with Crippen LogP contribution in [0.1, 0.15) is 5.56 Å². The molecule has 0 radical (unpaired) electrons. The Morgan fingerprint density at radius 3 is 2.28 bits per heavy atom. The maximum atomic E-state index is 13.7. The number of hydrogen-bond acceptors (Lipinski definition) is 4. The van der Waals surface area contributed by atoms with Crippen LogP contribution in [0, 0.1) is 0 Å². The normalized spacial score (nSPS) is 11.9. The van der Waals surface area contributed by atoms with E-state index < -0.39 is 35.1 Å².